The van der Waals surface area contributed by atoms with Gasteiger partial charge in [0.2, 0.25) is 0 Å². The van der Waals surface area contributed by atoms with Gasteiger partial charge in [0.1, 0.15) is 11.2 Å². The van der Waals surface area contributed by atoms with Gasteiger partial charge in [0.05, 0.1) is 6.61 Å². The summed E-state index contributed by atoms with van der Waals surface area (Å²) >= 11 is 0. The molecule has 0 aromatic heterocycles. The molecule has 2 aromatic rings. The number of unbranched alkanes of at least 4 members (excludes halogenated alkanes) is 1. The predicted molar refractivity (Wildman–Crippen MR) is 93.7 cm³/mol. The molecule has 0 spiro atoms. The molecule has 0 atom stereocenters. The van der Waals surface area contributed by atoms with Gasteiger partial charge in [0, 0.05) is 13.0 Å². The van der Waals surface area contributed by atoms with Gasteiger partial charge in [0.25, 0.3) is 0 Å². The Morgan fingerprint density at radius 3 is 2.04 bits per heavy atom. The summed E-state index contributed by atoms with van der Waals surface area (Å²) in [4.78, 5) is 13.0. The van der Waals surface area contributed by atoms with Crippen LogP contribution in [0.25, 0.3) is 11.1 Å². The molecule has 0 fully saturated rings. The number of ketones is 1. The van der Waals surface area contributed by atoms with Crippen LogP contribution in [0.1, 0.15) is 44.2 Å². The molecule has 0 aliphatic heterocycles. The molecule has 0 unspecified atom stereocenters. The maximum Gasteiger partial charge on any atom is 0.149 e. The van der Waals surface area contributed by atoms with E-state index < -0.39 is 5.41 Å². The Morgan fingerprint density at radius 2 is 1.52 bits per heavy atom. The van der Waals surface area contributed by atoms with Gasteiger partial charge >= 0.3 is 0 Å². The second kappa shape index (κ2) is 6.67. The van der Waals surface area contributed by atoms with Crippen LogP contribution in [0.3, 0.4) is 0 Å². The third-order valence-corrected chi connectivity index (χ3v) is 4.82. The largest absolute Gasteiger partial charge is 0.380 e. The summed E-state index contributed by atoms with van der Waals surface area (Å²) in [5.74, 6) is 0.242. The average molecular weight is 308 g/mol. The van der Waals surface area contributed by atoms with Crippen molar-refractivity contribution >= 4 is 5.78 Å². The van der Waals surface area contributed by atoms with Gasteiger partial charge < -0.3 is 4.74 Å². The topological polar surface area (TPSA) is 26.3 Å². The van der Waals surface area contributed by atoms with Crippen LogP contribution in [0.4, 0.5) is 0 Å². The highest BCUT2D eigenvalue weighted by Gasteiger charge is 2.48. The van der Waals surface area contributed by atoms with Crippen LogP contribution in [-0.4, -0.2) is 19.0 Å². The third-order valence-electron chi connectivity index (χ3n) is 4.82. The van der Waals surface area contributed by atoms with Crippen molar-refractivity contribution in [2.45, 2.75) is 38.5 Å². The molecular formula is C21H24O2. The molecule has 120 valence electrons. The highest BCUT2D eigenvalue weighted by molar-refractivity contribution is 6.01. The van der Waals surface area contributed by atoms with Crippen molar-refractivity contribution in [1.82, 2.24) is 0 Å². The van der Waals surface area contributed by atoms with E-state index in [1.807, 2.05) is 31.2 Å². The lowest BCUT2D eigenvalue weighted by molar-refractivity contribution is -0.124. The second-order valence-corrected chi connectivity index (χ2v) is 6.18. The van der Waals surface area contributed by atoms with Gasteiger partial charge in [-0.3, -0.25) is 4.79 Å². The minimum atomic E-state index is -0.643. The first-order chi connectivity index (χ1) is 11.3. The summed E-state index contributed by atoms with van der Waals surface area (Å²) < 4.78 is 5.98. The van der Waals surface area contributed by atoms with Crippen molar-refractivity contribution in [2.24, 2.45) is 0 Å². The fourth-order valence-electron chi connectivity index (χ4n) is 3.64. The minimum Gasteiger partial charge on any atom is -0.380 e. The number of hydrogen-bond acceptors (Lipinski definition) is 2. The molecule has 0 bridgehead atoms. The van der Waals surface area contributed by atoms with Gasteiger partial charge in [-0.2, -0.15) is 0 Å². The predicted octanol–water partition coefficient (Wildman–Crippen LogP) is 4.75. The molecule has 3 rings (SSSR count). The zero-order chi connectivity index (χ0) is 16.3. The molecule has 2 aromatic carbocycles. The van der Waals surface area contributed by atoms with Gasteiger partial charge in [-0.1, -0.05) is 68.8 Å². The lowest BCUT2D eigenvalue weighted by atomic mass is 9.74. The van der Waals surface area contributed by atoms with Gasteiger partial charge in [0.15, 0.2) is 0 Å². The van der Waals surface area contributed by atoms with E-state index in [0.717, 1.165) is 24.0 Å². The van der Waals surface area contributed by atoms with Crippen LogP contribution in [0.5, 0.6) is 0 Å². The maximum absolute atomic E-state index is 13.0. The molecule has 0 saturated heterocycles. The molecule has 0 amide bonds. The van der Waals surface area contributed by atoms with E-state index >= 15 is 0 Å². The first-order valence-electron chi connectivity index (χ1n) is 8.56. The summed E-state index contributed by atoms with van der Waals surface area (Å²) in [7, 11) is 0. The number of benzene rings is 2. The van der Waals surface area contributed by atoms with Crippen molar-refractivity contribution in [1.29, 1.82) is 0 Å². The van der Waals surface area contributed by atoms with E-state index in [9.17, 15) is 4.79 Å². The van der Waals surface area contributed by atoms with Crippen LogP contribution < -0.4 is 0 Å². The van der Waals surface area contributed by atoms with Crippen molar-refractivity contribution in [2.75, 3.05) is 13.2 Å². The number of rotatable bonds is 7. The zero-order valence-corrected chi connectivity index (χ0v) is 14.0. The van der Waals surface area contributed by atoms with Crippen LogP contribution in [-0.2, 0) is 14.9 Å². The van der Waals surface area contributed by atoms with E-state index in [1.54, 1.807) is 0 Å². The Kier molecular flexibility index (Phi) is 4.63. The van der Waals surface area contributed by atoms with Crippen LogP contribution in [0.15, 0.2) is 48.5 Å². The fraction of sp³-hybridized carbons (Fsp3) is 0.381. The number of Topliss-reactive ketones (excluding diaryl/α,β-unsaturated/α-hetero) is 1. The van der Waals surface area contributed by atoms with Crippen molar-refractivity contribution in [3.63, 3.8) is 0 Å². The SMILES string of the molecule is CCCCOCC1(C(=O)CC)c2ccccc2-c2ccccc21. The van der Waals surface area contributed by atoms with Crippen LogP contribution >= 0.6 is 0 Å². The quantitative estimate of drug-likeness (QED) is 0.690. The summed E-state index contributed by atoms with van der Waals surface area (Å²) in [6.07, 6.45) is 2.64. The number of carbonyl (C=O) groups is 1. The monoisotopic (exact) mass is 308 g/mol. The summed E-state index contributed by atoms with van der Waals surface area (Å²) in [6, 6.07) is 16.5. The Hall–Kier alpha value is -1.93. The zero-order valence-electron chi connectivity index (χ0n) is 14.0. The molecular weight excluding hydrogens is 284 g/mol. The second-order valence-electron chi connectivity index (χ2n) is 6.18. The highest BCUT2D eigenvalue weighted by Crippen LogP contribution is 2.49. The minimum absolute atomic E-state index is 0.242. The normalized spacial score (nSPS) is 14.3. The highest BCUT2D eigenvalue weighted by atomic mass is 16.5. The Labute approximate surface area is 138 Å². The number of carbonyl (C=O) groups excluding carboxylic acids is 1. The van der Waals surface area contributed by atoms with Crippen molar-refractivity contribution in [3.05, 3.63) is 59.7 Å². The molecule has 2 nitrogen and oxygen atoms in total. The number of ether oxygens (including phenoxy) is 1. The van der Waals surface area contributed by atoms with Gasteiger partial charge in [-0.05, 0) is 28.7 Å². The van der Waals surface area contributed by atoms with E-state index in [0.29, 0.717) is 19.6 Å². The molecule has 0 saturated carbocycles. The Morgan fingerprint density at radius 1 is 0.957 bits per heavy atom. The van der Waals surface area contributed by atoms with Gasteiger partial charge in [-0.15, -0.1) is 0 Å². The van der Waals surface area contributed by atoms with Crippen LogP contribution in [0, 0.1) is 0 Å². The first kappa shape index (κ1) is 15.9. The van der Waals surface area contributed by atoms with E-state index in [4.69, 9.17) is 4.74 Å². The number of fused-ring (bicyclic) bond motifs is 3. The van der Waals surface area contributed by atoms with Gasteiger partial charge in [-0.25, -0.2) is 0 Å². The molecule has 23 heavy (non-hydrogen) atoms. The summed E-state index contributed by atoms with van der Waals surface area (Å²) in [5, 5.41) is 0. The molecule has 1 aliphatic carbocycles. The fourth-order valence-corrected chi connectivity index (χ4v) is 3.64. The third kappa shape index (κ3) is 2.51. The lowest BCUT2D eigenvalue weighted by Gasteiger charge is -2.30. The average Bonchev–Trinajstić information content (AvgIpc) is 2.90. The summed E-state index contributed by atoms with van der Waals surface area (Å²) in [6.45, 7) is 5.24. The molecule has 0 N–H and O–H groups in total. The first-order valence-corrected chi connectivity index (χ1v) is 8.56. The van der Waals surface area contributed by atoms with Crippen LogP contribution in [0.2, 0.25) is 0 Å². The van der Waals surface area contributed by atoms with Crippen molar-refractivity contribution < 1.29 is 9.53 Å². The Balaban J connectivity index is 2.12. The molecule has 0 heterocycles. The smallest absolute Gasteiger partial charge is 0.149 e. The molecule has 2 heteroatoms. The standard InChI is InChI=1S/C21H24O2/c1-3-5-14-23-15-21(20(22)4-2)18-12-8-6-10-16(18)17-11-7-9-13-19(17)21/h6-13H,3-5,14-15H2,1-2H3. The lowest BCUT2D eigenvalue weighted by Crippen LogP contribution is -2.40. The van der Waals surface area contributed by atoms with E-state index in [-0.39, 0.29) is 5.78 Å². The van der Waals surface area contributed by atoms with Crippen molar-refractivity contribution in [3.8, 4) is 11.1 Å². The maximum atomic E-state index is 13.0. The molecule has 0 radical (unpaired) electrons. The van der Waals surface area contributed by atoms with E-state index in [1.165, 1.54) is 11.1 Å². The number of hydrogen-bond donors (Lipinski definition) is 0. The summed E-state index contributed by atoms with van der Waals surface area (Å²) in [5.41, 5.74) is 3.90. The van der Waals surface area contributed by atoms with E-state index in [2.05, 4.69) is 31.2 Å². The Bertz CT molecular complexity index is 657. The molecule has 1 aliphatic rings.